The standard InChI is InChI=1S/C14H17F2NOS/c15-12-6-5-10(7-13(12)16)19-8-9-3-1-2-4-11(9)14(17)18/h5-7,9,11H,1-4,8H2,(H2,17,18). The van der Waals surface area contributed by atoms with E-state index in [2.05, 4.69) is 0 Å². The summed E-state index contributed by atoms with van der Waals surface area (Å²) < 4.78 is 25.9. The summed E-state index contributed by atoms with van der Waals surface area (Å²) in [6.45, 7) is 0. The summed E-state index contributed by atoms with van der Waals surface area (Å²) in [5.41, 5.74) is 5.41. The van der Waals surface area contributed by atoms with E-state index >= 15 is 0 Å². The van der Waals surface area contributed by atoms with Crippen LogP contribution in [0.4, 0.5) is 8.78 Å². The average Bonchev–Trinajstić information content (AvgIpc) is 2.40. The van der Waals surface area contributed by atoms with Gasteiger partial charge in [0.25, 0.3) is 0 Å². The van der Waals surface area contributed by atoms with Crippen LogP contribution in [0, 0.1) is 23.5 Å². The maximum Gasteiger partial charge on any atom is 0.220 e. The molecule has 1 aromatic carbocycles. The Labute approximate surface area is 115 Å². The molecule has 19 heavy (non-hydrogen) atoms. The highest BCUT2D eigenvalue weighted by atomic mass is 32.2. The first kappa shape index (κ1) is 14.3. The summed E-state index contributed by atoms with van der Waals surface area (Å²) in [6.07, 6.45) is 3.97. The van der Waals surface area contributed by atoms with E-state index in [1.54, 1.807) is 6.07 Å². The number of carbonyl (C=O) groups is 1. The van der Waals surface area contributed by atoms with Crippen LogP contribution in [0.5, 0.6) is 0 Å². The number of rotatable bonds is 4. The third-order valence-electron chi connectivity index (χ3n) is 3.63. The van der Waals surface area contributed by atoms with Crippen LogP contribution in [0.1, 0.15) is 25.7 Å². The smallest absolute Gasteiger partial charge is 0.220 e. The molecular weight excluding hydrogens is 268 g/mol. The van der Waals surface area contributed by atoms with Gasteiger partial charge in [0.15, 0.2) is 11.6 Å². The van der Waals surface area contributed by atoms with Crippen molar-refractivity contribution in [1.29, 1.82) is 0 Å². The Bertz CT molecular complexity index is 467. The molecule has 104 valence electrons. The predicted octanol–water partition coefficient (Wildman–Crippen LogP) is 3.35. The lowest BCUT2D eigenvalue weighted by Gasteiger charge is -2.28. The van der Waals surface area contributed by atoms with Crippen molar-refractivity contribution >= 4 is 17.7 Å². The molecule has 2 unspecified atom stereocenters. The van der Waals surface area contributed by atoms with Crippen LogP contribution in [0.2, 0.25) is 0 Å². The molecule has 2 atom stereocenters. The van der Waals surface area contributed by atoms with Gasteiger partial charge in [-0.3, -0.25) is 4.79 Å². The number of carbonyl (C=O) groups excluding carboxylic acids is 1. The second-order valence-corrected chi connectivity index (χ2v) is 6.03. The molecule has 2 nitrogen and oxygen atoms in total. The highest BCUT2D eigenvalue weighted by Gasteiger charge is 2.29. The monoisotopic (exact) mass is 285 g/mol. The number of hydrogen-bond acceptors (Lipinski definition) is 2. The van der Waals surface area contributed by atoms with E-state index in [9.17, 15) is 13.6 Å². The predicted molar refractivity (Wildman–Crippen MR) is 71.7 cm³/mol. The Morgan fingerprint density at radius 2 is 2.00 bits per heavy atom. The lowest BCUT2D eigenvalue weighted by molar-refractivity contribution is -0.124. The van der Waals surface area contributed by atoms with Crippen molar-refractivity contribution in [2.24, 2.45) is 17.6 Å². The van der Waals surface area contributed by atoms with E-state index < -0.39 is 11.6 Å². The summed E-state index contributed by atoms with van der Waals surface area (Å²) in [4.78, 5) is 12.1. The molecule has 1 aliphatic rings. The van der Waals surface area contributed by atoms with Crippen molar-refractivity contribution in [2.45, 2.75) is 30.6 Å². The fourth-order valence-electron chi connectivity index (χ4n) is 2.55. The van der Waals surface area contributed by atoms with Gasteiger partial charge in [0.05, 0.1) is 0 Å². The van der Waals surface area contributed by atoms with Crippen LogP contribution in [-0.4, -0.2) is 11.7 Å². The van der Waals surface area contributed by atoms with E-state index in [1.807, 2.05) is 0 Å². The second kappa shape index (κ2) is 6.37. The van der Waals surface area contributed by atoms with Crippen molar-refractivity contribution < 1.29 is 13.6 Å². The van der Waals surface area contributed by atoms with Gasteiger partial charge in [-0.15, -0.1) is 11.8 Å². The largest absolute Gasteiger partial charge is 0.369 e. The van der Waals surface area contributed by atoms with Crippen LogP contribution in [0.25, 0.3) is 0 Å². The zero-order valence-corrected chi connectivity index (χ0v) is 11.4. The molecule has 0 aromatic heterocycles. The van der Waals surface area contributed by atoms with Crippen LogP contribution >= 0.6 is 11.8 Å². The van der Waals surface area contributed by atoms with Crippen molar-refractivity contribution in [1.82, 2.24) is 0 Å². The van der Waals surface area contributed by atoms with E-state index in [0.717, 1.165) is 37.5 Å². The number of amides is 1. The van der Waals surface area contributed by atoms with Gasteiger partial charge in [-0.2, -0.15) is 0 Å². The summed E-state index contributed by atoms with van der Waals surface area (Å²) in [5, 5.41) is 0. The fraction of sp³-hybridized carbons (Fsp3) is 0.500. The minimum absolute atomic E-state index is 0.0773. The molecule has 1 amide bonds. The molecule has 0 heterocycles. The zero-order valence-electron chi connectivity index (χ0n) is 10.6. The molecule has 1 fully saturated rings. The average molecular weight is 285 g/mol. The van der Waals surface area contributed by atoms with Gasteiger partial charge < -0.3 is 5.73 Å². The molecule has 2 N–H and O–H groups in total. The van der Waals surface area contributed by atoms with Crippen LogP contribution in [-0.2, 0) is 4.79 Å². The van der Waals surface area contributed by atoms with Gasteiger partial charge in [-0.1, -0.05) is 12.8 Å². The summed E-state index contributed by atoms with van der Waals surface area (Å²) in [6, 6.07) is 3.89. The molecule has 0 saturated heterocycles. The molecule has 5 heteroatoms. The number of halogens is 2. The van der Waals surface area contributed by atoms with Crippen LogP contribution < -0.4 is 5.73 Å². The lowest BCUT2D eigenvalue weighted by atomic mass is 9.80. The lowest BCUT2D eigenvalue weighted by Crippen LogP contribution is -2.33. The highest BCUT2D eigenvalue weighted by Crippen LogP contribution is 2.34. The van der Waals surface area contributed by atoms with Gasteiger partial charge >= 0.3 is 0 Å². The van der Waals surface area contributed by atoms with Gasteiger partial charge in [0, 0.05) is 16.6 Å². The molecule has 1 aliphatic carbocycles. The number of thioether (sulfide) groups is 1. The van der Waals surface area contributed by atoms with E-state index in [1.165, 1.54) is 17.8 Å². The Morgan fingerprint density at radius 3 is 2.68 bits per heavy atom. The topological polar surface area (TPSA) is 43.1 Å². The minimum atomic E-state index is -0.836. The second-order valence-electron chi connectivity index (χ2n) is 4.94. The first-order valence-electron chi connectivity index (χ1n) is 6.45. The number of benzene rings is 1. The van der Waals surface area contributed by atoms with Gasteiger partial charge in [-0.25, -0.2) is 8.78 Å². The van der Waals surface area contributed by atoms with E-state index in [4.69, 9.17) is 5.73 Å². The van der Waals surface area contributed by atoms with Crippen molar-refractivity contribution in [2.75, 3.05) is 5.75 Å². The Hall–Kier alpha value is -1.10. The summed E-state index contributed by atoms with van der Waals surface area (Å²) >= 11 is 1.46. The summed E-state index contributed by atoms with van der Waals surface area (Å²) in [7, 11) is 0. The van der Waals surface area contributed by atoms with Gasteiger partial charge in [-0.05, 0) is 37.0 Å². The van der Waals surface area contributed by atoms with Crippen molar-refractivity contribution in [3.05, 3.63) is 29.8 Å². The van der Waals surface area contributed by atoms with Crippen LogP contribution in [0.3, 0.4) is 0 Å². The van der Waals surface area contributed by atoms with Gasteiger partial charge in [0.1, 0.15) is 0 Å². The zero-order chi connectivity index (χ0) is 13.8. The molecule has 0 bridgehead atoms. The molecule has 0 spiro atoms. The molecule has 2 rings (SSSR count). The third-order valence-corrected chi connectivity index (χ3v) is 4.81. The molecular formula is C14H17F2NOS. The SMILES string of the molecule is NC(=O)C1CCCCC1CSc1ccc(F)c(F)c1. The Morgan fingerprint density at radius 1 is 1.26 bits per heavy atom. The van der Waals surface area contributed by atoms with Crippen LogP contribution in [0.15, 0.2) is 23.1 Å². The Balaban J connectivity index is 1.96. The number of hydrogen-bond donors (Lipinski definition) is 1. The third kappa shape index (κ3) is 3.69. The first-order chi connectivity index (χ1) is 9.08. The first-order valence-corrected chi connectivity index (χ1v) is 7.43. The minimum Gasteiger partial charge on any atom is -0.369 e. The summed E-state index contributed by atoms with van der Waals surface area (Å²) in [5.74, 6) is -1.03. The maximum atomic E-state index is 13.1. The normalized spacial score (nSPS) is 23.3. The maximum absolute atomic E-state index is 13.1. The quantitative estimate of drug-likeness (QED) is 0.862. The van der Waals surface area contributed by atoms with E-state index in [0.29, 0.717) is 4.90 Å². The molecule has 1 aromatic rings. The highest BCUT2D eigenvalue weighted by molar-refractivity contribution is 7.99. The van der Waals surface area contributed by atoms with Gasteiger partial charge in [0.2, 0.25) is 5.91 Å². The van der Waals surface area contributed by atoms with Crippen molar-refractivity contribution in [3.63, 3.8) is 0 Å². The Kier molecular flexibility index (Phi) is 4.80. The van der Waals surface area contributed by atoms with Crippen molar-refractivity contribution in [3.8, 4) is 0 Å². The molecule has 0 radical (unpaired) electrons. The molecule has 0 aliphatic heterocycles. The molecule has 1 saturated carbocycles. The number of primary amides is 1. The fourth-order valence-corrected chi connectivity index (χ4v) is 3.71. The number of nitrogens with two attached hydrogens (primary N) is 1. The van der Waals surface area contributed by atoms with E-state index in [-0.39, 0.29) is 17.7 Å².